The van der Waals surface area contributed by atoms with E-state index in [2.05, 4.69) is 21.4 Å². The van der Waals surface area contributed by atoms with Crippen molar-refractivity contribution in [3.8, 4) is 16.6 Å². The van der Waals surface area contributed by atoms with Crippen LogP contribution in [0.1, 0.15) is 41.7 Å². The van der Waals surface area contributed by atoms with Crippen molar-refractivity contribution in [2.75, 3.05) is 0 Å². The summed E-state index contributed by atoms with van der Waals surface area (Å²) in [4.78, 5) is 20.9. The molecule has 0 aliphatic carbocycles. The first-order valence-electron chi connectivity index (χ1n) is 6.71. The lowest BCUT2D eigenvalue weighted by Gasteiger charge is -2.06. The van der Waals surface area contributed by atoms with E-state index in [1.807, 2.05) is 26.8 Å². The Bertz CT molecular complexity index is 700. The van der Waals surface area contributed by atoms with Crippen LogP contribution in [-0.4, -0.2) is 21.9 Å². The summed E-state index contributed by atoms with van der Waals surface area (Å²) >= 11 is 1.24. The van der Waals surface area contributed by atoms with E-state index in [1.165, 1.54) is 11.3 Å². The standard InChI is InChI=1S/C15H16N4OS/c1-4-10-8-17-6-5-11(10)15-19-13(12(7-16)21-15)14(20)18-9(2)3/h5-6,8-9H,4H2,1-3H3,(H,18,20). The molecular formula is C15H16N4OS. The number of nitriles is 1. The third kappa shape index (κ3) is 3.26. The maximum Gasteiger partial charge on any atom is 0.272 e. The molecule has 0 aromatic carbocycles. The Morgan fingerprint density at radius 2 is 2.29 bits per heavy atom. The molecule has 2 rings (SSSR count). The number of aryl methyl sites for hydroxylation is 1. The molecule has 0 spiro atoms. The number of thiazole rings is 1. The molecule has 1 amide bonds. The van der Waals surface area contributed by atoms with E-state index < -0.39 is 0 Å². The van der Waals surface area contributed by atoms with Crippen LogP contribution in [0.3, 0.4) is 0 Å². The van der Waals surface area contributed by atoms with Crippen molar-refractivity contribution < 1.29 is 4.79 Å². The Morgan fingerprint density at radius 3 is 2.90 bits per heavy atom. The van der Waals surface area contributed by atoms with Crippen molar-refractivity contribution in [3.05, 3.63) is 34.6 Å². The van der Waals surface area contributed by atoms with Gasteiger partial charge in [-0.3, -0.25) is 9.78 Å². The van der Waals surface area contributed by atoms with Crippen molar-refractivity contribution in [2.45, 2.75) is 33.2 Å². The number of aromatic nitrogens is 2. The topological polar surface area (TPSA) is 78.7 Å². The molecule has 0 fully saturated rings. The summed E-state index contributed by atoms with van der Waals surface area (Å²) in [5.41, 5.74) is 2.18. The molecule has 0 radical (unpaired) electrons. The molecular weight excluding hydrogens is 284 g/mol. The van der Waals surface area contributed by atoms with Crippen LogP contribution < -0.4 is 5.32 Å². The minimum absolute atomic E-state index is 0.00122. The first-order chi connectivity index (χ1) is 10.1. The van der Waals surface area contributed by atoms with E-state index in [0.717, 1.165) is 17.5 Å². The maximum atomic E-state index is 12.1. The van der Waals surface area contributed by atoms with Crippen LogP contribution in [0.2, 0.25) is 0 Å². The number of carbonyl (C=O) groups excluding carboxylic acids is 1. The van der Waals surface area contributed by atoms with Gasteiger partial charge in [0, 0.05) is 24.0 Å². The summed E-state index contributed by atoms with van der Waals surface area (Å²) in [5.74, 6) is -0.309. The highest BCUT2D eigenvalue weighted by Gasteiger charge is 2.20. The molecule has 0 unspecified atom stereocenters. The summed E-state index contributed by atoms with van der Waals surface area (Å²) in [6.07, 6.45) is 4.30. The second kappa shape index (κ2) is 6.46. The molecule has 0 saturated carbocycles. The predicted molar refractivity (Wildman–Crippen MR) is 82.0 cm³/mol. The van der Waals surface area contributed by atoms with E-state index in [4.69, 9.17) is 0 Å². The second-order valence-electron chi connectivity index (χ2n) is 4.82. The van der Waals surface area contributed by atoms with Crippen LogP contribution in [0.4, 0.5) is 0 Å². The van der Waals surface area contributed by atoms with Crippen molar-refractivity contribution in [3.63, 3.8) is 0 Å². The fourth-order valence-electron chi connectivity index (χ4n) is 1.91. The molecule has 0 atom stereocenters. The van der Waals surface area contributed by atoms with Crippen molar-refractivity contribution in [1.29, 1.82) is 5.26 Å². The van der Waals surface area contributed by atoms with E-state index in [1.54, 1.807) is 12.4 Å². The number of nitrogens with zero attached hydrogens (tertiary/aromatic N) is 3. The molecule has 108 valence electrons. The molecule has 0 aliphatic heterocycles. The zero-order valence-corrected chi connectivity index (χ0v) is 13.0. The van der Waals surface area contributed by atoms with Crippen LogP contribution in [0.5, 0.6) is 0 Å². The summed E-state index contributed by atoms with van der Waals surface area (Å²) in [7, 11) is 0. The highest BCUT2D eigenvalue weighted by atomic mass is 32.1. The molecule has 2 heterocycles. The molecule has 0 bridgehead atoms. The quantitative estimate of drug-likeness (QED) is 0.941. The Balaban J connectivity index is 2.46. The lowest BCUT2D eigenvalue weighted by molar-refractivity contribution is 0.0938. The molecule has 2 aromatic heterocycles. The second-order valence-corrected chi connectivity index (χ2v) is 5.82. The monoisotopic (exact) mass is 300 g/mol. The van der Waals surface area contributed by atoms with E-state index in [-0.39, 0.29) is 17.6 Å². The van der Waals surface area contributed by atoms with Gasteiger partial charge in [-0.05, 0) is 31.9 Å². The maximum absolute atomic E-state index is 12.1. The molecule has 6 heteroatoms. The normalized spacial score (nSPS) is 10.4. The Morgan fingerprint density at radius 1 is 1.52 bits per heavy atom. The number of pyridine rings is 1. The number of hydrogen-bond acceptors (Lipinski definition) is 5. The fraction of sp³-hybridized carbons (Fsp3) is 0.333. The number of amides is 1. The highest BCUT2D eigenvalue weighted by Crippen LogP contribution is 2.30. The average Bonchev–Trinajstić information content (AvgIpc) is 2.90. The fourth-order valence-corrected chi connectivity index (χ4v) is 2.83. The van der Waals surface area contributed by atoms with Crippen molar-refractivity contribution in [1.82, 2.24) is 15.3 Å². The lowest BCUT2D eigenvalue weighted by Crippen LogP contribution is -2.30. The third-order valence-electron chi connectivity index (χ3n) is 2.88. The van der Waals surface area contributed by atoms with E-state index in [9.17, 15) is 10.1 Å². The highest BCUT2D eigenvalue weighted by molar-refractivity contribution is 7.15. The third-order valence-corrected chi connectivity index (χ3v) is 3.87. The zero-order chi connectivity index (χ0) is 15.4. The number of nitrogens with one attached hydrogen (secondary N) is 1. The van der Waals surface area contributed by atoms with E-state index in [0.29, 0.717) is 9.88 Å². The predicted octanol–water partition coefficient (Wildman–Crippen LogP) is 2.78. The molecule has 0 aliphatic rings. The SMILES string of the molecule is CCc1cnccc1-c1nc(C(=O)NC(C)C)c(C#N)s1. The van der Waals surface area contributed by atoms with Crippen molar-refractivity contribution >= 4 is 17.2 Å². The van der Waals surface area contributed by atoms with Crippen LogP contribution in [0.25, 0.3) is 10.6 Å². The van der Waals surface area contributed by atoms with Gasteiger partial charge in [0.05, 0.1) is 0 Å². The van der Waals surface area contributed by atoms with E-state index >= 15 is 0 Å². The Labute approximate surface area is 127 Å². The number of rotatable bonds is 4. The molecule has 2 aromatic rings. The van der Waals surface area contributed by atoms with Gasteiger partial charge in [-0.15, -0.1) is 11.3 Å². The van der Waals surface area contributed by atoms with Gasteiger partial charge in [-0.2, -0.15) is 5.26 Å². The number of hydrogen-bond donors (Lipinski definition) is 1. The first-order valence-corrected chi connectivity index (χ1v) is 7.53. The summed E-state index contributed by atoms with van der Waals surface area (Å²) in [6.45, 7) is 5.77. The average molecular weight is 300 g/mol. The Kier molecular flexibility index (Phi) is 4.66. The van der Waals surface area contributed by atoms with Crippen LogP contribution in [0.15, 0.2) is 18.5 Å². The largest absolute Gasteiger partial charge is 0.348 e. The minimum atomic E-state index is -0.309. The van der Waals surface area contributed by atoms with Gasteiger partial charge in [0.2, 0.25) is 0 Å². The molecule has 0 saturated heterocycles. The zero-order valence-electron chi connectivity index (χ0n) is 12.2. The van der Waals surface area contributed by atoms with Gasteiger partial charge < -0.3 is 5.32 Å². The van der Waals surface area contributed by atoms with Crippen LogP contribution in [0, 0.1) is 11.3 Å². The van der Waals surface area contributed by atoms with Crippen molar-refractivity contribution in [2.24, 2.45) is 0 Å². The first kappa shape index (κ1) is 15.1. The summed E-state index contributed by atoms with van der Waals surface area (Å²) in [5, 5.41) is 12.7. The van der Waals surface area contributed by atoms with Gasteiger partial charge in [-0.1, -0.05) is 6.92 Å². The van der Waals surface area contributed by atoms with Gasteiger partial charge in [-0.25, -0.2) is 4.98 Å². The number of carbonyl (C=O) groups is 1. The molecule has 5 nitrogen and oxygen atoms in total. The van der Waals surface area contributed by atoms with Crippen LogP contribution >= 0.6 is 11.3 Å². The van der Waals surface area contributed by atoms with Gasteiger partial charge in [0.15, 0.2) is 5.69 Å². The van der Waals surface area contributed by atoms with Gasteiger partial charge in [0.1, 0.15) is 16.0 Å². The Hall–Kier alpha value is -2.26. The smallest absolute Gasteiger partial charge is 0.272 e. The lowest BCUT2D eigenvalue weighted by atomic mass is 10.1. The molecule has 1 N–H and O–H groups in total. The van der Waals surface area contributed by atoms with Gasteiger partial charge in [0.25, 0.3) is 5.91 Å². The molecule has 21 heavy (non-hydrogen) atoms. The van der Waals surface area contributed by atoms with Gasteiger partial charge >= 0.3 is 0 Å². The minimum Gasteiger partial charge on any atom is -0.348 e. The summed E-state index contributed by atoms with van der Waals surface area (Å²) < 4.78 is 0. The summed E-state index contributed by atoms with van der Waals surface area (Å²) in [6, 6.07) is 3.92. The van der Waals surface area contributed by atoms with Crippen LogP contribution in [-0.2, 0) is 6.42 Å².